The minimum atomic E-state index is -3.54. The molecular weight excluding hydrogens is 383 g/mol. The fourth-order valence-electron chi connectivity index (χ4n) is 2.47. The molecule has 0 bridgehead atoms. The van der Waals surface area contributed by atoms with Crippen LogP contribution in [0.5, 0.6) is 5.75 Å². The van der Waals surface area contributed by atoms with Gasteiger partial charge in [0.25, 0.3) is 5.91 Å². The number of benzene rings is 2. The Balaban J connectivity index is 2.03. The van der Waals surface area contributed by atoms with Crippen LogP contribution in [-0.2, 0) is 21.4 Å². The fraction of sp³-hybridized carbons (Fsp3) is 0.350. The lowest BCUT2D eigenvalue weighted by atomic mass is 10.2. The van der Waals surface area contributed by atoms with Crippen molar-refractivity contribution < 1.29 is 22.3 Å². The van der Waals surface area contributed by atoms with Gasteiger partial charge in [-0.25, -0.2) is 12.8 Å². The first-order valence-corrected chi connectivity index (χ1v) is 10.9. The first-order chi connectivity index (χ1) is 13.3. The zero-order chi connectivity index (χ0) is 20.6. The summed E-state index contributed by atoms with van der Waals surface area (Å²) in [6.45, 7) is 2.64. The molecule has 152 valence electrons. The Morgan fingerprint density at radius 2 is 1.75 bits per heavy atom. The number of nitrogens with one attached hydrogen (secondary N) is 1. The highest BCUT2D eigenvalue weighted by Gasteiger charge is 2.18. The predicted molar refractivity (Wildman–Crippen MR) is 107 cm³/mol. The fourth-order valence-corrected chi connectivity index (χ4v) is 3.36. The van der Waals surface area contributed by atoms with Gasteiger partial charge in [0.1, 0.15) is 11.6 Å². The highest BCUT2D eigenvalue weighted by atomic mass is 32.2. The summed E-state index contributed by atoms with van der Waals surface area (Å²) >= 11 is 0. The van der Waals surface area contributed by atoms with Gasteiger partial charge in [-0.2, -0.15) is 0 Å². The van der Waals surface area contributed by atoms with Crippen molar-refractivity contribution in [2.45, 2.75) is 26.3 Å². The lowest BCUT2D eigenvalue weighted by Gasteiger charge is -2.22. The monoisotopic (exact) mass is 408 g/mol. The number of anilines is 1. The van der Waals surface area contributed by atoms with E-state index in [0.29, 0.717) is 23.5 Å². The molecular formula is C20H25FN2O4S. The predicted octanol–water partition coefficient (Wildman–Crippen LogP) is 3.09. The van der Waals surface area contributed by atoms with Crippen molar-refractivity contribution in [3.63, 3.8) is 0 Å². The van der Waals surface area contributed by atoms with Crippen LogP contribution in [-0.4, -0.2) is 33.7 Å². The molecule has 8 heteroatoms. The molecule has 6 nitrogen and oxygen atoms in total. The molecule has 2 rings (SSSR count). The number of nitrogens with zero attached hydrogens (tertiary/aromatic N) is 1. The molecule has 0 radical (unpaired) electrons. The van der Waals surface area contributed by atoms with Gasteiger partial charge in [0.05, 0.1) is 18.5 Å². The van der Waals surface area contributed by atoms with E-state index in [2.05, 4.69) is 5.32 Å². The van der Waals surface area contributed by atoms with E-state index in [1.807, 2.05) is 6.92 Å². The molecule has 1 N–H and O–H groups in total. The van der Waals surface area contributed by atoms with Crippen LogP contribution in [0.4, 0.5) is 10.1 Å². The van der Waals surface area contributed by atoms with Gasteiger partial charge in [0.2, 0.25) is 10.0 Å². The maximum absolute atomic E-state index is 13.1. The average Bonchev–Trinajstić information content (AvgIpc) is 2.66. The number of carbonyl (C=O) groups is 1. The van der Waals surface area contributed by atoms with Gasteiger partial charge < -0.3 is 10.1 Å². The van der Waals surface area contributed by atoms with Crippen molar-refractivity contribution >= 4 is 21.6 Å². The van der Waals surface area contributed by atoms with E-state index in [4.69, 9.17) is 4.74 Å². The molecule has 0 aliphatic carbocycles. The smallest absolute Gasteiger partial charge is 0.257 e. The third-order valence-electron chi connectivity index (χ3n) is 3.99. The number of amides is 1. The van der Waals surface area contributed by atoms with E-state index in [1.54, 1.807) is 36.4 Å². The zero-order valence-electron chi connectivity index (χ0n) is 16.0. The minimum Gasteiger partial charge on any atom is -0.484 e. The summed E-state index contributed by atoms with van der Waals surface area (Å²) in [6, 6.07) is 12.1. The number of sulfonamides is 1. The number of carbonyl (C=O) groups excluding carboxylic acids is 1. The molecule has 2 aromatic carbocycles. The number of rotatable bonds is 10. The van der Waals surface area contributed by atoms with E-state index in [9.17, 15) is 17.6 Å². The molecule has 0 aromatic heterocycles. The topological polar surface area (TPSA) is 75.7 Å². The van der Waals surface area contributed by atoms with E-state index >= 15 is 0 Å². The summed E-state index contributed by atoms with van der Waals surface area (Å²) in [5, 5.41) is 2.76. The highest BCUT2D eigenvalue weighted by molar-refractivity contribution is 7.92. The van der Waals surface area contributed by atoms with Crippen LogP contribution in [0.25, 0.3) is 0 Å². The molecule has 0 aliphatic rings. The molecule has 0 saturated carbocycles. The van der Waals surface area contributed by atoms with E-state index < -0.39 is 10.0 Å². The van der Waals surface area contributed by atoms with Crippen LogP contribution < -0.4 is 14.4 Å². The summed E-state index contributed by atoms with van der Waals surface area (Å²) in [5.74, 6) is -0.119. The van der Waals surface area contributed by atoms with Crippen molar-refractivity contribution in [3.8, 4) is 5.75 Å². The molecule has 0 unspecified atom stereocenters. The first-order valence-electron chi connectivity index (χ1n) is 9.01. The summed E-state index contributed by atoms with van der Waals surface area (Å²) in [7, 11) is -3.54. The van der Waals surface area contributed by atoms with Crippen molar-refractivity contribution in [2.75, 3.05) is 23.7 Å². The third-order valence-corrected chi connectivity index (χ3v) is 5.13. The van der Waals surface area contributed by atoms with E-state index in [-0.39, 0.29) is 24.9 Å². The minimum absolute atomic E-state index is 0.0825. The van der Waals surface area contributed by atoms with Crippen molar-refractivity contribution in [2.24, 2.45) is 0 Å². The van der Waals surface area contributed by atoms with E-state index in [1.165, 1.54) is 16.4 Å². The molecule has 0 saturated heterocycles. The van der Waals surface area contributed by atoms with Gasteiger partial charge in [0.15, 0.2) is 6.61 Å². The van der Waals surface area contributed by atoms with Gasteiger partial charge in [-0.05, 0) is 48.4 Å². The molecule has 0 spiro atoms. The first kappa shape index (κ1) is 21.7. The number of hydrogen-bond acceptors (Lipinski definition) is 4. The molecule has 0 fully saturated rings. The standard InChI is InChI=1S/C20H25FN2O4S/c1-3-4-13-22-20(24)15-27-19-11-9-18(10-12-19)23(28(2,25)26)14-16-5-7-17(21)8-6-16/h5-12H,3-4,13-15H2,1-2H3,(H,22,24). The Labute approximate surface area is 165 Å². The van der Waals surface area contributed by atoms with Gasteiger partial charge in [-0.1, -0.05) is 25.5 Å². The number of unbranched alkanes of at least 4 members (excludes halogenated alkanes) is 1. The van der Waals surface area contributed by atoms with Crippen molar-refractivity contribution in [1.82, 2.24) is 5.32 Å². The number of hydrogen-bond donors (Lipinski definition) is 1. The third kappa shape index (κ3) is 6.84. The summed E-state index contributed by atoms with van der Waals surface area (Å²) in [4.78, 5) is 11.7. The van der Waals surface area contributed by atoms with Gasteiger partial charge >= 0.3 is 0 Å². The maximum atomic E-state index is 13.1. The second-order valence-electron chi connectivity index (χ2n) is 6.38. The van der Waals surface area contributed by atoms with Gasteiger partial charge in [-0.15, -0.1) is 0 Å². The molecule has 28 heavy (non-hydrogen) atoms. The molecule has 0 aliphatic heterocycles. The highest BCUT2D eigenvalue weighted by Crippen LogP contribution is 2.23. The Morgan fingerprint density at radius 3 is 2.32 bits per heavy atom. The van der Waals surface area contributed by atoms with Gasteiger partial charge in [0, 0.05) is 6.54 Å². The van der Waals surface area contributed by atoms with Crippen molar-refractivity contribution in [3.05, 3.63) is 59.9 Å². The van der Waals surface area contributed by atoms with Crippen molar-refractivity contribution in [1.29, 1.82) is 0 Å². The second-order valence-corrected chi connectivity index (χ2v) is 8.29. The van der Waals surface area contributed by atoms with Crippen LogP contribution in [0.2, 0.25) is 0 Å². The van der Waals surface area contributed by atoms with E-state index in [0.717, 1.165) is 19.1 Å². The molecule has 2 aromatic rings. The van der Waals surface area contributed by atoms with Crippen LogP contribution in [0.15, 0.2) is 48.5 Å². The second kappa shape index (κ2) is 10.1. The van der Waals surface area contributed by atoms with Crippen LogP contribution >= 0.6 is 0 Å². The zero-order valence-corrected chi connectivity index (χ0v) is 16.8. The maximum Gasteiger partial charge on any atom is 0.257 e. The molecule has 1 amide bonds. The van der Waals surface area contributed by atoms with Crippen LogP contribution in [0.3, 0.4) is 0 Å². The van der Waals surface area contributed by atoms with Crippen LogP contribution in [0, 0.1) is 5.82 Å². The van der Waals surface area contributed by atoms with Gasteiger partial charge in [-0.3, -0.25) is 9.10 Å². The number of ether oxygens (including phenoxy) is 1. The Bertz CT molecular complexity index is 868. The Morgan fingerprint density at radius 1 is 1.11 bits per heavy atom. The summed E-state index contributed by atoms with van der Waals surface area (Å²) in [6.07, 6.45) is 3.02. The lowest BCUT2D eigenvalue weighted by Crippen LogP contribution is -2.30. The normalized spacial score (nSPS) is 11.1. The molecule has 0 heterocycles. The summed E-state index contributed by atoms with van der Waals surface area (Å²) < 4.78 is 44.1. The largest absolute Gasteiger partial charge is 0.484 e. The SMILES string of the molecule is CCCCNC(=O)COc1ccc(N(Cc2ccc(F)cc2)S(C)(=O)=O)cc1. The Hall–Kier alpha value is -2.61. The lowest BCUT2D eigenvalue weighted by molar-refractivity contribution is -0.123. The Kier molecular flexibility index (Phi) is 7.80. The quantitative estimate of drug-likeness (QED) is 0.613. The number of halogens is 1. The average molecular weight is 408 g/mol. The summed E-state index contributed by atoms with van der Waals surface area (Å²) in [5.41, 5.74) is 1.11. The molecule has 0 atom stereocenters. The van der Waals surface area contributed by atoms with Crippen LogP contribution in [0.1, 0.15) is 25.3 Å².